The Morgan fingerprint density at radius 1 is 0.808 bits per heavy atom. The average Bonchev–Trinajstić information content (AvgIpc) is 2.51. The molecule has 0 unspecified atom stereocenters. The molecule has 1 N–H and O–H groups in total. The Balaban J connectivity index is 3.69. The van der Waals surface area contributed by atoms with Gasteiger partial charge in [-0.2, -0.15) is 0 Å². The molecule has 0 fully saturated rings. The van der Waals surface area contributed by atoms with E-state index in [-0.39, 0.29) is 56.7 Å². The maximum absolute atomic E-state index is 11.7. The molecule has 26 heavy (non-hydrogen) atoms. The van der Waals surface area contributed by atoms with Crippen molar-refractivity contribution in [3.63, 3.8) is 0 Å². The predicted octanol–water partition coefficient (Wildman–Crippen LogP) is 2.06. The lowest BCUT2D eigenvalue weighted by Gasteiger charge is -2.16. The van der Waals surface area contributed by atoms with Crippen molar-refractivity contribution in [2.45, 2.75) is 60.8 Å². The lowest BCUT2D eigenvalue weighted by atomic mass is 9.88. The molecular weight excluding hydrogens is 338 g/mol. The van der Waals surface area contributed by atoms with Crippen molar-refractivity contribution < 1.29 is 28.7 Å². The van der Waals surface area contributed by atoms with Gasteiger partial charge in [-0.3, -0.25) is 19.2 Å². The zero-order valence-corrected chi connectivity index (χ0v) is 16.9. The molecule has 0 heterocycles. The maximum Gasteiger partial charge on any atom is 0.306 e. The van der Waals surface area contributed by atoms with Crippen LogP contribution in [0.4, 0.5) is 0 Å². The summed E-state index contributed by atoms with van der Waals surface area (Å²) in [6.45, 7) is 11.1. The van der Waals surface area contributed by atoms with Gasteiger partial charge in [0.25, 0.3) is 0 Å². The van der Waals surface area contributed by atoms with Crippen LogP contribution in [0.15, 0.2) is 0 Å². The molecule has 0 atom stereocenters. The molecule has 0 radical (unpaired) electrons. The van der Waals surface area contributed by atoms with Crippen molar-refractivity contribution >= 4 is 23.4 Å². The third-order valence-electron chi connectivity index (χ3n) is 3.60. The van der Waals surface area contributed by atoms with Crippen LogP contribution >= 0.6 is 0 Å². The van der Waals surface area contributed by atoms with Gasteiger partial charge in [0.1, 0.15) is 12.4 Å². The highest BCUT2D eigenvalue weighted by Gasteiger charge is 2.22. The number of nitrogens with one attached hydrogen (secondary N) is 1. The van der Waals surface area contributed by atoms with Crippen LogP contribution in [0.25, 0.3) is 0 Å². The molecule has 0 saturated heterocycles. The van der Waals surface area contributed by atoms with Crippen LogP contribution in [0.5, 0.6) is 0 Å². The third-order valence-corrected chi connectivity index (χ3v) is 3.60. The second kappa shape index (κ2) is 11.1. The molecule has 0 rings (SSSR count). The number of carbonyl (C=O) groups excluding carboxylic acids is 4. The van der Waals surface area contributed by atoms with E-state index in [0.29, 0.717) is 6.42 Å². The van der Waals surface area contributed by atoms with Crippen LogP contribution in [0.3, 0.4) is 0 Å². The molecule has 0 aliphatic carbocycles. The lowest BCUT2D eigenvalue weighted by Crippen LogP contribution is -2.37. The van der Waals surface area contributed by atoms with Crippen LogP contribution in [0, 0.1) is 10.8 Å². The lowest BCUT2D eigenvalue weighted by molar-refractivity contribution is -0.146. The van der Waals surface area contributed by atoms with Crippen molar-refractivity contribution in [1.82, 2.24) is 5.32 Å². The van der Waals surface area contributed by atoms with Gasteiger partial charge in [-0.1, -0.05) is 41.5 Å². The highest BCUT2D eigenvalue weighted by atomic mass is 16.5. The number of esters is 1. The maximum atomic E-state index is 11.7. The van der Waals surface area contributed by atoms with Crippen molar-refractivity contribution in [1.29, 1.82) is 0 Å². The summed E-state index contributed by atoms with van der Waals surface area (Å²) < 4.78 is 10.2. The third kappa shape index (κ3) is 11.7. The summed E-state index contributed by atoms with van der Waals surface area (Å²) >= 11 is 0. The summed E-state index contributed by atoms with van der Waals surface area (Å²) in [4.78, 5) is 46.5. The minimum Gasteiger partial charge on any atom is -0.466 e. The number of hydrogen-bond acceptors (Lipinski definition) is 6. The first-order chi connectivity index (χ1) is 11.8. The van der Waals surface area contributed by atoms with Gasteiger partial charge in [-0.25, -0.2) is 0 Å². The van der Waals surface area contributed by atoms with Gasteiger partial charge in [0.05, 0.1) is 26.2 Å². The molecule has 7 nitrogen and oxygen atoms in total. The first-order valence-corrected chi connectivity index (χ1v) is 8.90. The molecule has 0 spiro atoms. The highest BCUT2D eigenvalue weighted by Crippen LogP contribution is 2.17. The van der Waals surface area contributed by atoms with Gasteiger partial charge >= 0.3 is 5.97 Å². The molecule has 0 saturated carbocycles. The highest BCUT2D eigenvalue weighted by molar-refractivity contribution is 5.89. The summed E-state index contributed by atoms with van der Waals surface area (Å²) in [6, 6.07) is 0. The summed E-state index contributed by atoms with van der Waals surface area (Å²) in [5.74, 6) is -0.808. The number of ketones is 2. The summed E-state index contributed by atoms with van der Waals surface area (Å²) in [5.41, 5.74) is -0.943. The van der Waals surface area contributed by atoms with E-state index in [9.17, 15) is 19.2 Å². The van der Waals surface area contributed by atoms with Gasteiger partial charge < -0.3 is 14.8 Å². The first kappa shape index (κ1) is 24.2. The van der Waals surface area contributed by atoms with E-state index in [1.165, 1.54) is 0 Å². The minimum absolute atomic E-state index is 0.0173. The molecule has 0 aromatic heterocycles. The van der Waals surface area contributed by atoms with Crippen LogP contribution in [-0.4, -0.2) is 49.8 Å². The van der Waals surface area contributed by atoms with E-state index in [4.69, 9.17) is 9.47 Å². The van der Waals surface area contributed by atoms with Crippen molar-refractivity contribution in [2.75, 3.05) is 26.4 Å². The van der Waals surface area contributed by atoms with Gasteiger partial charge in [0.2, 0.25) is 5.91 Å². The van der Waals surface area contributed by atoms with Crippen LogP contribution < -0.4 is 5.32 Å². The van der Waals surface area contributed by atoms with Crippen molar-refractivity contribution in [3.8, 4) is 0 Å². The Morgan fingerprint density at radius 2 is 1.38 bits per heavy atom. The Kier molecular flexibility index (Phi) is 10.3. The SMILES string of the molecule is CC(C)(C)C(=O)CCC(=O)OCCCOCC(=O)NCC(=O)C(C)(C)C. The molecule has 150 valence electrons. The largest absolute Gasteiger partial charge is 0.466 e. The number of ether oxygens (including phenoxy) is 2. The molecule has 0 aliphatic heterocycles. The first-order valence-electron chi connectivity index (χ1n) is 8.90. The van der Waals surface area contributed by atoms with Gasteiger partial charge in [-0.15, -0.1) is 0 Å². The van der Waals surface area contributed by atoms with E-state index in [2.05, 4.69) is 5.32 Å². The fourth-order valence-corrected chi connectivity index (χ4v) is 1.67. The van der Waals surface area contributed by atoms with Crippen molar-refractivity contribution in [3.05, 3.63) is 0 Å². The predicted molar refractivity (Wildman–Crippen MR) is 97.6 cm³/mol. The minimum atomic E-state index is -0.491. The number of carbonyl (C=O) groups is 4. The van der Waals surface area contributed by atoms with Crippen LogP contribution in [-0.2, 0) is 28.7 Å². The van der Waals surface area contributed by atoms with E-state index >= 15 is 0 Å². The van der Waals surface area contributed by atoms with E-state index in [1.54, 1.807) is 20.8 Å². The zero-order chi connectivity index (χ0) is 20.4. The number of rotatable bonds is 11. The topological polar surface area (TPSA) is 98.8 Å². The quantitative estimate of drug-likeness (QED) is 0.441. The normalized spacial score (nSPS) is 11.8. The Labute approximate surface area is 156 Å². The fourth-order valence-electron chi connectivity index (χ4n) is 1.67. The second-order valence-electron chi connectivity index (χ2n) is 8.25. The average molecular weight is 371 g/mol. The summed E-state index contributed by atoms with van der Waals surface area (Å²) in [6.07, 6.45) is 0.695. The van der Waals surface area contributed by atoms with Gasteiger partial charge in [0, 0.05) is 23.7 Å². The molecule has 0 aromatic rings. The molecule has 7 heteroatoms. The molecule has 0 bridgehead atoms. The zero-order valence-electron chi connectivity index (χ0n) is 16.9. The molecule has 1 amide bonds. The second-order valence-corrected chi connectivity index (χ2v) is 8.25. The van der Waals surface area contributed by atoms with Gasteiger partial charge in [-0.05, 0) is 0 Å². The Morgan fingerprint density at radius 3 is 1.92 bits per heavy atom. The van der Waals surface area contributed by atoms with E-state index in [0.717, 1.165) is 0 Å². The van der Waals surface area contributed by atoms with E-state index < -0.39 is 16.8 Å². The summed E-state index contributed by atoms with van der Waals surface area (Å²) in [7, 11) is 0. The van der Waals surface area contributed by atoms with E-state index in [1.807, 2.05) is 20.8 Å². The number of hydrogen-bond donors (Lipinski definition) is 1. The molecular formula is C19H33NO6. The smallest absolute Gasteiger partial charge is 0.306 e. The Bertz CT molecular complexity index is 453. The van der Waals surface area contributed by atoms with Crippen molar-refractivity contribution in [2.24, 2.45) is 10.8 Å². The van der Waals surface area contributed by atoms with Gasteiger partial charge in [0.15, 0.2) is 5.78 Å². The monoisotopic (exact) mass is 371 g/mol. The summed E-state index contributed by atoms with van der Waals surface area (Å²) in [5, 5.41) is 2.51. The molecule has 0 aromatic carbocycles. The van der Waals surface area contributed by atoms with Crippen LogP contribution in [0.2, 0.25) is 0 Å². The number of Topliss-reactive ketones (excluding diaryl/α,β-unsaturated/α-hetero) is 2. The number of amides is 1. The Hall–Kier alpha value is -1.76. The van der Waals surface area contributed by atoms with Crippen LogP contribution in [0.1, 0.15) is 60.8 Å². The molecule has 0 aliphatic rings. The standard InChI is InChI=1S/C19H33NO6/c1-18(2,3)14(21)8-9-17(24)26-11-7-10-25-13-16(23)20-12-15(22)19(4,5)6/h7-13H2,1-6H3,(H,20,23). The fraction of sp³-hybridized carbons (Fsp3) is 0.789.